The van der Waals surface area contributed by atoms with Gasteiger partial charge in [0.2, 0.25) is 5.28 Å². The fourth-order valence-corrected chi connectivity index (χ4v) is 3.32. The number of fused-ring (bicyclic) bond motifs is 3. The van der Waals surface area contributed by atoms with Crippen LogP contribution in [0.25, 0.3) is 23.1 Å². The molecule has 22 heavy (non-hydrogen) atoms. The standard InChI is InChI=1S/C16H14Cl2N2.C2H6/c1-3-6-11-9(2)10-7-4-5-8-12(10)13-14(11)19-16(18)20-15(13)17;1-2/h3,5-6,8H,4,7H2,1-2H3;1-2H3/b6-3-;. The Morgan fingerprint density at radius 1 is 1.18 bits per heavy atom. The highest BCUT2D eigenvalue weighted by Gasteiger charge is 2.19. The second-order valence-electron chi connectivity index (χ2n) is 4.88. The molecule has 1 aromatic carbocycles. The molecule has 116 valence electrons. The van der Waals surface area contributed by atoms with Gasteiger partial charge in [0.25, 0.3) is 0 Å². The van der Waals surface area contributed by atoms with Crippen molar-refractivity contribution in [3.05, 3.63) is 44.8 Å². The van der Waals surface area contributed by atoms with E-state index in [9.17, 15) is 0 Å². The molecule has 0 bridgehead atoms. The fourth-order valence-electron chi connectivity index (χ4n) is 2.84. The maximum absolute atomic E-state index is 6.33. The van der Waals surface area contributed by atoms with Crippen LogP contribution in [0.15, 0.2) is 12.2 Å². The van der Waals surface area contributed by atoms with Gasteiger partial charge in [-0.3, -0.25) is 0 Å². The van der Waals surface area contributed by atoms with Gasteiger partial charge in [0, 0.05) is 10.9 Å². The largest absolute Gasteiger partial charge is 0.224 e. The van der Waals surface area contributed by atoms with Crippen molar-refractivity contribution in [3.8, 4) is 0 Å². The summed E-state index contributed by atoms with van der Waals surface area (Å²) in [5.41, 5.74) is 5.64. The Morgan fingerprint density at radius 3 is 2.59 bits per heavy atom. The van der Waals surface area contributed by atoms with E-state index in [1.54, 1.807) is 0 Å². The highest BCUT2D eigenvalue weighted by molar-refractivity contribution is 6.36. The van der Waals surface area contributed by atoms with Crippen molar-refractivity contribution in [1.82, 2.24) is 9.97 Å². The van der Waals surface area contributed by atoms with Gasteiger partial charge in [0.05, 0.1) is 5.52 Å². The molecule has 1 aliphatic rings. The zero-order chi connectivity index (χ0) is 16.3. The lowest BCUT2D eigenvalue weighted by molar-refractivity contribution is 0.973. The quantitative estimate of drug-likeness (QED) is 0.454. The van der Waals surface area contributed by atoms with E-state index in [0.717, 1.165) is 34.9 Å². The lowest BCUT2D eigenvalue weighted by atomic mass is 9.87. The molecule has 2 aromatic rings. The van der Waals surface area contributed by atoms with E-state index in [-0.39, 0.29) is 5.28 Å². The van der Waals surface area contributed by atoms with Gasteiger partial charge in [-0.25, -0.2) is 9.97 Å². The van der Waals surface area contributed by atoms with Crippen molar-refractivity contribution in [2.45, 2.75) is 40.5 Å². The van der Waals surface area contributed by atoms with Gasteiger partial charge < -0.3 is 0 Å². The molecule has 0 saturated heterocycles. The van der Waals surface area contributed by atoms with Crippen LogP contribution in [0.3, 0.4) is 0 Å². The summed E-state index contributed by atoms with van der Waals surface area (Å²) in [7, 11) is 0. The van der Waals surface area contributed by atoms with Crippen LogP contribution >= 0.6 is 23.2 Å². The average Bonchev–Trinajstić information content (AvgIpc) is 2.52. The first kappa shape index (κ1) is 17.0. The Bertz CT molecular complexity index is 762. The van der Waals surface area contributed by atoms with Crippen LogP contribution < -0.4 is 0 Å². The maximum atomic E-state index is 6.33. The Labute approximate surface area is 141 Å². The minimum atomic E-state index is 0.187. The molecule has 1 aliphatic carbocycles. The van der Waals surface area contributed by atoms with Crippen molar-refractivity contribution in [1.29, 1.82) is 0 Å². The van der Waals surface area contributed by atoms with Crippen LogP contribution in [-0.4, -0.2) is 9.97 Å². The van der Waals surface area contributed by atoms with Crippen LogP contribution in [0.2, 0.25) is 10.4 Å². The number of rotatable bonds is 1. The van der Waals surface area contributed by atoms with Crippen LogP contribution in [0.4, 0.5) is 0 Å². The number of nitrogens with zero attached hydrogens (tertiary/aromatic N) is 2. The van der Waals surface area contributed by atoms with Gasteiger partial charge in [0.1, 0.15) is 5.15 Å². The topological polar surface area (TPSA) is 25.8 Å². The first-order valence-electron chi connectivity index (χ1n) is 7.61. The predicted octanol–water partition coefficient (Wildman–Crippen LogP) is 6.26. The van der Waals surface area contributed by atoms with Crippen LogP contribution in [0.1, 0.15) is 49.4 Å². The molecule has 0 N–H and O–H groups in total. The minimum Gasteiger partial charge on any atom is -0.217 e. The van der Waals surface area contributed by atoms with E-state index >= 15 is 0 Å². The van der Waals surface area contributed by atoms with Crippen molar-refractivity contribution in [2.75, 3.05) is 0 Å². The summed E-state index contributed by atoms with van der Waals surface area (Å²) >= 11 is 12.3. The summed E-state index contributed by atoms with van der Waals surface area (Å²) in [6.07, 6.45) is 10.4. The third kappa shape index (κ3) is 2.90. The highest BCUT2D eigenvalue weighted by atomic mass is 35.5. The Hall–Kier alpha value is -1.38. The van der Waals surface area contributed by atoms with Crippen molar-refractivity contribution in [2.24, 2.45) is 0 Å². The molecule has 0 unspecified atom stereocenters. The van der Waals surface area contributed by atoms with Gasteiger partial charge in [0.15, 0.2) is 0 Å². The maximum Gasteiger partial charge on any atom is 0.224 e. The lowest BCUT2D eigenvalue weighted by Crippen LogP contribution is -2.04. The van der Waals surface area contributed by atoms with E-state index in [0.29, 0.717) is 5.15 Å². The SMILES string of the molecule is C/C=C\c1c(C)c2c(c3c(Cl)nc(Cl)nc13)C=CCC2.CC. The molecule has 1 heterocycles. The Kier molecular flexibility index (Phi) is 5.60. The van der Waals surface area contributed by atoms with E-state index in [2.05, 4.69) is 35.1 Å². The molecule has 0 saturated carbocycles. The van der Waals surface area contributed by atoms with E-state index < -0.39 is 0 Å². The summed E-state index contributed by atoms with van der Waals surface area (Å²) in [6, 6.07) is 0. The number of hydrogen-bond acceptors (Lipinski definition) is 2. The van der Waals surface area contributed by atoms with Crippen LogP contribution in [0, 0.1) is 6.92 Å². The normalized spacial score (nSPS) is 13.2. The zero-order valence-electron chi connectivity index (χ0n) is 13.4. The van der Waals surface area contributed by atoms with Crippen molar-refractivity contribution < 1.29 is 0 Å². The first-order chi connectivity index (χ1) is 10.6. The number of aromatic nitrogens is 2. The summed E-state index contributed by atoms with van der Waals surface area (Å²) in [6.45, 7) is 8.13. The van der Waals surface area contributed by atoms with Gasteiger partial charge in [-0.15, -0.1) is 0 Å². The van der Waals surface area contributed by atoms with E-state index in [1.165, 1.54) is 11.1 Å². The van der Waals surface area contributed by atoms with Crippen LogP contribution in [0.5, 0.6) is 0 Å². The first-order valence-corrected chi connectivity index (χ1v) is 8.36. The second kappa shape index (κ2) is 7.26. The van der Waals surface area contributed by atoms with Gasteiger partial charge >= 0.3 is 0 Å². The third-order valence-corrected chi connectivity index (χ3v) is 4.17. The third-order valence-electron chi connectivity index (χ3n) is 3.72. The molecular formula is C18H20Cl2N2. The molecule has 4 heteroatoms. The van der Waals surface area contributed by atoms with Gasteiger partial charge in [-0.05, 0) is 55.0 Å². The molecule has 0 atom stereocenters. The summed E-state index contributed by atoms with van der Waals surface area (Å²) < 4.78 is 0. The summed E-state index contributed by atoms with van der Waals surface area (Å²) in [5.74, 6) is 0. The molecule has 0 fully saturated rings. The molecule has 1 aromatic heterocycles. The van der Waals surface area contributed by atoms with Crippen molar-refractivity contribution in [3.63, 3.8) is 0 Å². The number of halogens is 2. The molecule has 0 radical (unpaired) electrons. The lowest BCUT2D eigenvalue weighted by Gasteiger charge is -2.19. The number of hydrogen-bond donors (Lipinski definition) is 0. The molecule has 3 rings (SSSR count). The average molecular weight is 335 g/mol. The molecular weight excluding hydrogens is 315 g/mol. The zero-order valence-corrected chi connectivity index (χ0v) is 14.9. The van der Waals surface area contributed by atoms with Gasteiger partial charge in [-0.2, -0.15) is 0 Å². The van der Waals surface area contributed by atoms with Crippen LogP contribution in [-0.2, 0) is 6.42 Å². The summed E-state index contributed by atoms with van der Waals surface area (Å²) in [4.78, 5) is 8.51. The number of benzene rings is 1. The van der Waals surface area contributed by atoms with E-state index in [1.807, 2.05) is 26.8 Å². The molecule has 2 nitrogen and oxygen atoms in total. The Morgan fingerprint density at radius 2 is 1.91 bits per heavy atom. The highest BCUT2D eigenvalue weighted by Crippen LogP contribution is 2.37. The second-order valence-corrected chi connectivity index (χ2v) is 5.58. The smallest absolute Gasteiger partial charge is 0.217 e. The van der Waals surface area contributed by atoms with E-state index in [4.69, 9.17) is 23.2 Å². The Balaban J connectivity index is 0.000000847. The fraction of sp³-hybridized carbons (Fsp3) is 0.333. The molecule has 0 aliphatic heterocycles. The minimum absolute atomic E-state index is 0.187. The molecule has 0 spiro atoms. The van der Waals surface area contributed by atoms with Crippen molar-refractivity contribution >= 4 is 46.3 Å². The number of allylic oxidation sites excluding steroid dienone is 2. The molecule has 0 amide bonds. The summed E-state index contributed by atoms with van der Waals surface area (Å²) in [5, 5.41) is 1.52. The van der Waals surface area contributed by atoms with Gasteiger partial charge in [-0.1, -0.05) is 49.8 Å². The predicted molar refractivity (Wildman–Crippen MR) is 97.7 cm³/mol. The monoisotopic (exact) mass is 334 g/mol.